The van der Waals surface area contributed by atoms with E-state index in [1.165, 1.54) is 5.56 Å². The second-order valence-electron chi connectivity index (χ2n) is 3.87. The molecule has 14 heavy (non-hydrogen) atoms. The van der Waals surface area contributed by atoms with Crippen molar-refractivity contribution >= 4 is 0 Å². The van der Waals surface area contributed by atoms with Crippen molar-refractivity contribution in [2.24, 2.45) is 5.92 Å². The lowest BCUT2D eigenvalue weighted by atomic mass is 10.0. The maximum atomic E-state index is 9.27. The third-order valence-corrected chi connectivity index (χ3v) is 2.39. The van der Waals surface area contributed by atoms with Crippen molar-refractivity contribution in [3.63, 3.8) is 0 Å². The summed E-state index contributed by atoms with van der Waals surface area (Å²) in [6.07, 6.45) is 2.20. The Hall–Kier alpha value is -1.02. The predicted molar refractivity (Wildman–Crippen MR) is 59.5 cm³/mol. The SMILES string of the molecule is CNCC(C)CCc1cccc(O)c1. The molecule has 1 aromatic carbocycles. The average Bonchev–Trinajstić information content (AvgIpc) is 2.15. The Bertz CT molecular complexity index is 273. The van der Waals surface area contributed by atoms with E-state index in [9.17, 15) is 5.11 Å². The van der Waals surface area contributed by atoms with Crippen molar-refractivity contribution in [2.45, 2.75) is 19.8 Å². The van der Waals surface area contributed by atoms with Crippen LogP contribution in [0.25, 0.3) is 0 Å². The first kappa shape index (κ1) is 11.1. The van der Waals surface area contributed by atoms with Crippen LogP contribution >= 0.6 is 0 Å². The van der Waals surface area contributed by atoms with E-state index in [2.05, 4.69) is 18.3 Å². The molecule has 0 amide bonds. The van der Waals surface area contributed by atoms with E-state index >= 15 is 0 Å². The van der Waals surface area contributed by atoms with Crippen molar-refractivity contribution in [3.8, 4) is 5.75 Å². The van der Waals surface area contributed by atoms with Gasteiger partial charge in [-0.25, -0.2) is 0 Å². The van der Waals surface area contributed by atoms with Crippen molar-refractivity contribution < 1.29 is 5.11 Å². The summed E-state index contributed by atoms with van der Waals surface area (Å²) in [4.78, 5) is 0. The molecule has 0 aliphatic rings. The van der Waals surface area contributed by atoms with Crippen LogP contribution in [0.1, 0.15) is 18.9 Å². The molecule has 0 aliphatic heterocycles. The molecule has 78 valence electrons. The van der Waals surface area contributed by atoms with Gasteiger partial charge in [0.2, 0.25) is 0 Å². The lowest BCUT2D eigenvalue weighted by molar-refractivity contribution is 0.472. The van der Waals surface area contributed by atoms with Crippen molar-refractivity contribution in [2.75, 3.05) is 13.6 Å². The molecular formula is C12H19NO. The zero-order chi connectivity index (χ0) is 10.4. The van der Waals surface area contributed by atoms with Gasteiger partial charge in [0.05, 0.1) is 0 Å². The largest absolute Gasteiger partial charge is 0.508 e. The molecule has 2 N–H and O–H groups in total. The van der Waals surface area contributed by atoms with Crippen LogP contribution in [-0.2, 0) is 6.42 Å². The van der Waals surface area contributed by atoms with Gasteiger partial charge in [-0.3, -0.25) is 0 Å². The van der Waals surface area contributed by atoms with E-state index in [1.54, 1.807) is 6.07 Å². The molecule has 0 aromatic heterocycles. The smallest absolute Gasteiger partial charge is 0.115 e. The highest BCUT2D eigenvalue weighted by atomic mass is 16.3. The summed E-state index contributed by atoms with van der Waals surface area (Å²) in [5, 5.41) is 12.4. The summed E-state index contributed by atoms with van der Waals surface area (Å²) < 4.78 is 0. The fraction of sp³-hybridized carbons (Fsp3) is 0.500. The molecule has 0 bridgehead atoms. The van der Waals surface area contributed by atoms with Crippen molar-refractivity contribution in [3.05, 3.63) is 29.8 Å². The van der Waals surface area contributed by atoms with Gasteiger partial charge in [0.25, 0.3) is 0 Å². The molecule has 0 saturated carbocycles. The van der Waals surface area contributed by atoms with E-state index in [0.717, 1.165) is 19.4 Å². The minimum Gasteiger partial charge on any atom is -0.508 e. The van der Waals surface area contributed by atoms with Gasteiger partial charge in [0, 0.05) is 0 Å². The molecule has 1 unspecified atom stereocenters. The molecule has 2 nitrogen and oxygen atoms in total. The number of hydrogen-bond donors (Lipinski definition) is 2. The first-order valence-corrected chi connectivity index (χ1v) is 5.15. The zero-order valence-electron chi connectivity index (χ0n) is 8.96. The predicted octanol–water partition coefficient (Wildman–Crippen LogP) is 2.18. The Labute approximate surface area is 86.0 Å². The highest BCUT2D eigenvalue weighted by Crippen LogP contribution is 2.14. The molecule has 1 rings (SSSR count). The molecule has 0 radical (unpaired) electrons. The summed E-state index contributed by atoms with van der Waals surface area (Å²) in [5.74, 6) is 1.05. The average molecular weight is 193 g/mol. The number of phenols is 1. The van der Waals surface area contributed by atoms with Crippen molar-refractivity contribution in [1.29, 1.82) is 0 Å². The van der Waals surface area contributed by atoms with Gasteiger partial charge in [-0.15, -0.1) is 0 Å². The molecular weight excluding hydrogens is 174 g/mol. The lowest BCUT2D eigenvalue weighted by Gasteiger charge is -2.10. The summed E-state index contributed by atoms with van der Waals surface area (Å²) >= 11 is 0. The quantitative estimate of drug-likeness (QED) is 0.751. The van der Waals surface area contributed by atoms with Crippen LogP contribution in [0, 0.1) is 5.92 Å². The fourth-order valence-electron chi connectivity index (χ4n) is 1.58. The van der Waals surface area contributed by atoms with Gasteiger partial charge in [-0.05, 0) is 50.0 Å². The summed E-state index contributed by atoms with van der Waals surface area (Å²) in [7, 11) is 1.98. The van der Waals surface area contributed by atoms with E-state index in [0.29, 0.717) is 11.7 Å². The maximum absolute atomic E-state index is 9.27. The molecule has 0 fully saturated rings. The van der Waals surface area contributed by atoms with Crippen LogP contribution in [-0.4, -0.2) is 18.7 Å². The van der Waals surface area contributed by atoms with Gasteiger partial charge in [-0.1, -0.05) is 19.1 Å². The molecule has 1 atom stereocenters. The monoisotopic (exact) mass is 193 g/mol. The third-order valence-electron chi connectivity index (χ3n) is 2.39. The highest BCUT2D eigenvalue weighted by Gasteiger charge is 2.01. The van der Waals surface area contributed by atoms with E-state index in [4.69, 9.17) is 0 Å². The fourth-order valence-corrected chi connectivity index (χ4v) is 1.58. The topological polar surface area (TPSA) is 32.3 Å². The molecule has 2 heteroatoms. The number of hydrogen-bond acceptors (Lipinski definition) is 2. The number of rotatable bonds is 5. The minimum atomic E-state index is 0.365. The Morgan fingerprint density at radius 2 is 2.21 bits per heavy atom. The Morgan fingerprint density at radius 1 is 1.43 bits per heavy atom. The Morgan fingerprint density at radius 3 is 2.86 bits per heavy atom. The normalized spacial score (nSPS) is 12.7. The van der Waals surface area contributed by atoms with E-state index < -0.39 is 0 Å². The number of nitrogens with one attached hydrogen (secondary N) is 1. The second kappa shape index (κ2) is 5.66. The maximum Gasteiger partial charge on any atom is 0.115 e. The number of benzene rings is 1. The van der Waals surface area contributed by atoms with Crippen LogP contribution in [0.15, 0.2) is 24.3 Å². The van der Waals surface area contributed by atoms with Gasteiger partial charge in [-0.2, -0.15) is 0 Å². The van der Waals surface area contributed by atoms with Crippen LogP contribution in [0.5, 0.6) is 5.75 Å². The molecule has 0 saturated heterocycles. The molecule has 0 heterocycles. The van der Waals surface area contributed by atoms with E-state index in [1.807, 2.05) is 19.2 Å². The minimum absolute atomic E-state index is 0.365. The van der Waals surface area contributed by atoms with Crippen LogP contribution in [0.4, 0.5) is 0 Å². The third kappa shape index (κ3) is 3.79. The van der Waals surface area contributed by atoms with Crippen LogP contribution in [0.2, 0.25) is 0 Å². The summed E-state index contributed by atoms with van der Waals surface area (Å²) in [6.45, 7) is 3.29. The molecule has 0 spiro atoms. The van der Waals surface area contributed by atoms with Gasteiger partial charge >= 0.3 is 0 Å². The number of aryl methyl sites for hydroxylation is 1. The lowest BCUT2D eigenvalue weighted by Crippen LogP contribution is -2.16. The summed E-state index contributed by atoms with van der Waals surface area (Å²) in [6, 6.07) is 7.51. The second-order valence-corrected chi connectivity index (χ2v) is 3.87. The van der Waals surface area contributed by atoms with Crippen LogP contribution in [0.3, 0.4) is 0 Å². The standard InChI is InChI=1S/C12H19NO/c1-10(9-13-2)6-7-11-4-3-5-12(14)8-11/h3-5,8,10,13-14H,6-7,9H2,1-2H3. The van der Waals surface area contributed by atoms with Gasteiger partial charge in [0.15, 0.2) is 0 Å². The summed E-state index contributed by atoms with van der Waals surface area (Å²) in [5.41, 5.74) is 1.22. The Kier molecular flexibility index (Phi) is 4.47. The van der Waals surface area contributed by atoms with Crippen LogP contribution < -0.4 is 5.32 Å². The molecule has 1 aromatic rings. The number of aromatic hydroxyl groups is 1. The highest BCUT2D eigenvalue weighted by molar-refractivity contribution is 5.27. The van der Waals surface area contributed by atoms with Gasteiger partial charge in [0.1, 0.15) is 5.75 Å². The van der Waals surface area contributed by atoms with Gasteiger partial charge < -0.3 is 10.4 Å². The van der Waals surface area contributed by atoms with E-state index in [-0.39, 0.29) is 0 Å². The first-order valence-electron chi connectivity index (χ1n) is 5.15. The zero-order valence-corrected chi connectivity index (χ0v) is 8.96. The number of phenolic OH excluding ortho intramolecular Hbond substituents is 1. The first-order chi connectivity index (χ1) is 6.72. The Balaban J connectivity index is 2.37. The molecule has 0 aliphatic carbocycles. The van der Waals surface area contributed by atoms with Crippen molar-refractivity contribution in [1.82, 2.24) is 5.32 Å².